The molecule has 0 radical (unpaired) electrons. The van der Waals surface area contributed by atoms with Gasteiger partial charge in [-0.15, -0.1) is 10.2 Å². The van der Waals surface area contributed by atoms with Crippen molar-refractivity contribution in [3.05, 3.63) is 42.0 Å². The first-order chi connectivity index (χ1) is 7.43. The van der Waals surface area contributed by atoms with Crippen molar-refractivity contribution in [2.24, 2.45) is 0 Å². The standard InChI is InChI=1S/C11H12N4/c1-2-11(15-7-13-14-8-15)5-10-6-12-4-3-9(1)10/h1-2,5,7-8,12H,3-4,6H2. The molecule has 0 fully saturated rings. The molecule has 76 valence electrons. The lowest BCUT2D eigenvalue weighted by Crippen LogP contribution is -2.23. The summed E-state index contributed by atoms with van der Waals surface area (Å²) in [6.07, 6.45) is 4.56. The fourth-order valence-corrected chi connectivity index (χ4v) is 1.96. The molecule has 0 bridgehead atoms. The predicted octanol–water partition coefficient (Wildman–Crippen LogP) is 0.913. The van der Waals surface area contributed by atoms with E-state index in [9.17, 15) is 0 Å². The molecule has 1 aliphatic heterocycles. The smallest absolute Gasteiger partial charge is 0.123 e. The maximum Gasteiger partial charge on any atom is 0.123 e. The lowest BCUT2D eigenvalue weighted by atomic mass is 10.0. The van der Waals surface area contributed by atoms with Gasteiger partial charge in [0, 0.05) is 12.2 Å². The van der Waals surface area contributed by atoms with Gasteiger partial charge in [-0.3, -0.25) is 4.57 Å². The first-order valence-corrected chi connectivity index (χ1v) is 5.11. The molecule has 0 spiro atoms. The molecule has 2 heterocycles. The summed E-state index contributed by atoms with van der Waals surface area (Å²) in [5.74, 6) is 0. The Morgan fingerprint density at radius 1 is 1.13 bits per heavy atom. The molecule has 0 amide bonds. The first kappa shape index (κ1) is 8.61. The Bertz CT molecular complexity index is 461. The quantitative estimate of drug-likeness (QED) is 0.744. The topological polar surface area (TPSA) is 42.7 Å². The number of nitrogens with zero attached hydrogens (tertiary/aromatic N) is 3. The van der Waals surface area contributed by atoms with Crippen LogP contribution in [-0.4, -0.2) is 21.3 Å². The van der Waals surface area contributed by atoms with Crippen LogP contribution >= 0.6 is 0 Å². The van der Waals surface area contributed by atoms with Crippen LogP contribution in [0.3, 0.4) is 0 Å². The summed E-state index contributed by atoms with van der Waals surface area (Å²) in [6, 6.07) is 6.52. The van der Waals surface area contributed by atoms with Crippen molar-refractivity contribution in [3.63, 3.8) is 0 Å². The second-order valence-electron chi connectivity index (χ2n) is 3.75. The summed E-state index contributed by atoms with van der Waals surface area (Å²) < 4.78 is 1.93. The van der Waals surface area contributed by atoms with E-state index >= 15 is 0 Å². The maximum absolute atomic E-state index is 3.81. The Morgan fingerprint density at radius 3 is 2.87 bits per heavy atom. The lowest BCUT2D eigenvalue weighted by molar-refractivity contribution is 0.643. The lowest BCUT2D eigenvalue weighted by Gasteiger charge is -2.17. The Kier molecular flexibility index (Phi) is 1.99. The van der Waals surface area contributed by atoms with Gasteiger partial charge in [-0.25, -0.2) is 0 Å². The molecule has 4 heteroatoms. The van der Waals surface area contributed by atoms with E-state index in [-0.39, 0.29) is 0 Å². The highest BCUT2D eigenvalue weighted by atomic mass is 15.2. The van der Waals surface area contributed by atoms with Gasteiger partial charge in [-0.05, 0) is 36.2 Å². The largest absolute Gasteiger partial charge is 0.312 e. The summed E-state index contributed by atoms with van der Waals surface area (Å²) in [5, 5.41) is 11.0. The van der Waals surface area contributed by atoms with Crippen molar-refractivity contribution in [1.29, 1.82) is 0 Å². The van der Waals surface area contributed by atoms with Crippen LogP contribution in [0.4, 0.5) is 0 Å². The molecule has 0 atom stereocenters. The van der Waals surface area contributed by atoms with E-state index in [1.165, 1.54) is 11.1 Å². The third-order valence-electron chi connectivity index (χ3n) is 2.79. The fraction of sp³-hybridized carbons (Fsp3) is 0.273. The second-order valence-corrected chi connectivity index (χ2v) is 3.75. The van der Waals surface area contributed by atoms with Crippen LogP contribution in [0.25, 0.3) is 5.69 Å². The highest BCUT2D eigenvalue weighted by molar-refractivity contribution is 5.41. The van der Waals surface area contributed by atoms with Crippen LogP contribution in [0.2, 0.25) is 0 Å². The fourth-order valence-electron chi connectivity index (χ4n) is 1.96. The highest BCUT2D eigenvalue weighted by Crippen LogP contribution is 2.17. The van der Waals surface area contributed by atoms with E-state index < -0.39 is 0 Å². The van der Waals surface area contributed by atoms with Crippen molar-refractivity contribution in [2.75, 3.05) is 6.54 Å². The Balaban J connectivity index is 2.04. The van der Waals surface area contributed by atoms with Gasteiger partial charge >= 0.3 is 0 Å². The number of benzene rings is 1. The SMILES string of the molecule is c1cc2c(cc1-n1cnnc1)CNCC2. The predicted molar refractivity (Wildman–Crippen MR) is 56.8 cm³/mol. The molecule has 1 aromatic carbocycles. The maximum atomic E-state index is 3.81. The zero-order chi connectivity index (χ0) is 10.1. The summed E-state index contributed by atoms with van der Waals surface area (Å²) in [7, 11) is 0. The van der Waals surface area contributed by atoms with Gasteiger partial charge in [0.05, 0.1) is 0 Å². The zero-order valence-electron chi connectivity index (χ0n) is 8.35. The van der Waals surface area contributed by atoms with Crippen molar-refractivity contribution in [2.45, 2.75) is 13.0 Å². The number of aromatic nitrogens is 3. The van der Waals surface area contributed by atoms with Gasteiger partial charge in [0.25, 0.3) is 0 Å². The Hall–Kier alpha value is -1.68. The van der Waals surface area contributed by atoms with E-state index in [1.54, 1.807) is 12.7 Å². The van der Waals surface area contributed by atoms with Crippen molar-refractivity contribution >= 4 is 0 Å². The van der Waals surface area contributed by atoms with Crippen LogP contribution < -0.4 is 5.32 Å². The molecule has 0 saturated carbocycles. The monoisotopic (exact) mass is 200 g/mol. The molecule has 15 heavy (non-hydrogen) atoms. The molecule has 1 aromatic heterocycles. The number of fused-ring (bicyclic) bond motifs is 1. The minimum absolute atomic E-state index is 0.964. The van der Waals surface area contributed by atoms with Gasteiger partial charge in [-0.2, -0.15) is 0 Å². The number of nitrogens with one attached hydrogen (secondary N) is 1. The summed E-state index contributed by atoms with van der Waals surface area (Å²) in [4.78, 5) is 0. The van der Waals surface area contributed by atoms with E-state index in [0.717, 1.165) is 25.2 Å². The van der Waals surface area contributed by atoms with E-state index in [1.807, 2.05) is 4.57 Å². The van der Waals surface area contributed by atoms with Crippen molar-refractivity contribution < 1.29 is 0 Å². The van der Waals surface area contributed by atoms with Crippen LogP contribution in [0.1, 0.15) is 11.1 Å². The molecule has 0 saturated heterocycles. The van der Waals surface area contributed by atoms with Crippen LogP contribution in [0.15, 0.2) is 30.9 Å². The summed E-state index contributed by atoms with van der Waals surface area (Å²) in [6.45, 7) is 2.05. The van der Waals surface area contributed by atoms with Gasteiger partial charge in [0.2, 0.25) is 0 Å². The molecular formula is C11H12N4. The van der Waals surface area contributed by atoms with E-state index in [2.05, 4.69) is 33.7 Å². The Labute approximate surface area is 88.0 Å². The molecule has 2 aromatic rings. The normalized spacial score (nSPS) is 14.9. The van der Waals surface area contributed by atoms with Gasteiger partial charge in [0.15, 0.2) is 0 Å². The minimum atomic E-state index is 0.964. The van der Waals surface area contributed by atoms with Gasteiger partial charge in [0.1, 0.15) is 12.7 Å². The molecular weight excluding hydrogens is 188 g/mol. The highest BCUT2D eigenvalue weighted by Gasteiger charge is 2.09. The van der Waals surface area contributed by atoms with E-state index in [0.29, 0.717) is 0 Å². The Morgan fingerprint density at radius 2 is 2.00 bits per heavy atom. The number of rotatable bonds is 1. The third-order valence-corrected chi connectivity index (χ3v) is 2.79. The number of hydrogen-bond donors (Lipinski definition) is 1. The number of hydrogen-bond acceptors (Lipinski definition) is 3. The molecule has 0 unspecified atom stereocenters. The molecule has 3 rings (SSSR count). The van der Waals surface area contributed by atoms with Crippen molar-refractivity contribution in [3.8, 4) is 5.69 Å². The molecule has 1 aliphatic rings. The summed E-state index contributed by atoms with van der Waals surface area (Å²) in [5.41, 5.74) is 3.96. The summed E-state index contributed by atoms with van der Waals surface area (Å²) >= 11 is 0. The van der Waals surface area contributed by atoms with Gasteiger partial charge < -0.3 is 5.32 Å². The van der Waals surface area contributed by atoms with Crippen LogP contribution in [0.5, 0.6) is 0 Å². The molecule has 1 N–H and O–H groups in total. The average molecular weight is 200 g/mol. The zero-order valence-corrected chi connectivity index (χ0v) is 8.35. The van der Waals surface area contributed by atoms with E-state index in [4.69, 9.17) is 0 Å². The molecule has 4 nitrogen and oxygen atoms in total. The van der Waals surface area contributed by atoms with Crippen LogP contribution in [-0.2, 0) is 13.0 Å². The third kappa shape index (κ3) is 1.53. The second kappa shape index (κ2) is 3.47. The average Bonchev–Trinajstić information content (AvgIpc) is 2.82. The van der Waals surface area contributed by atoms with Crippen LogP contribution in [0, 0.1) is 0 Å². The molecule has 0 aliphatic carbocycles. The minimum Gasteiger partial charge on any atom is -0.312 e. The van der Waals surface area contributed by atoms with Gasteiger partial charge in [-0.1, -0.05) is 6.07 Å². The van der Waals surface area contributed by atoms with Crippen molar-refractivity contribution in [1.82, 2.24) is 20.1 Å². The first-order valence-electron chi connectivity index (χ1n) is 5.11.